The van der Waals surface area contributed by atoms with Crippen molar-refractivity contribution >= 4 is 11.7 Å². The van der Waals surface area contributed by atoms with Gasteiger partial charge in [-0.1, -0.05) is 6.42 Å². The molecular formula is C17H26N4O. The molecule has 2 fully saturated rings. The maximum absolute atomic E-state index is 12.3. The molecule has 2 atom stereocenters. The molecule has 2 aliphatic rings. The number of carbonyl (C=O) groups is 1. The Balaban J connectivity index is 1.57. The van der Waals surface area contributed by atoms with Crippen LogP contribution in [0.5, 0.6) is 0 Å². The van der Waals surface area contributed by atoms with Crippen LogP contribution in [-0.4, -0.2) is 30.5 Å². The highest BCUT2D eigenvalue weighted by Gasteiger charge is 2.31. The standard InChI is InChI=1S/C17H26N4O/c18-11-14-4-3-5-15(14)17(22)20-12-13-6-7-19-16(10-13)21-8-1-2-9-21/h6-7,10,14-15H,1-5,8-9,11-12,18H2,(H,20,22)/t14-,15-/m1/s1. The Hall–Kier alpha value is -1.62. The van der Waals surface area contributed by atoms with Crippen molar-refractivity contribution < 1.29 is 4.79 Å². The van der Waals surface area contributed by atoms with E-state index in [9.17, 15) is 4.79 Å². The average Bonchev–Trinajstić information content (AvgIpc) is 3.23. The number of amides is 1. The largest absolute Gasteiger partial charge is 0.357 e. The van der Waals surface area contributed by atoms with Gasteiger partial charge in [0.2, 0.25) is 5.91 Å². The van der Waals surface area contributed by atoms with E-state index >= 15 is 0 Å². The first-order valence-corrected chi connectivity index (χ1v) is 8.45. The van der Waals surface area contributed by atoms with Gasteiger partial charge in [-0.3, -0.25) is 4.79 Å². The fourth-order valence-corrected chi connectivity index (χ4v) is 3.67. The first-order valence-electron chi connectivity index (χ1n) is 8.45. The molecule has 3 rings (SSSR count). The van der Waals surface area contributed by atoms with E-state index in [-0.39, 0.29) is 11.8 Å². The third kappa shape index (κ3) is 3.40. The van der Waals surface area contributed by atoms with Crippen LogP contribution < -0.4 is 16.0 Å². The normalized spacial score (nSPS) is 24.7. The molecule has 1 aliphatic heterocycles. The summed E-state index contributed by atoms with van der Waals surface area (Å²) in [6.45, 7) is 3.37. The van der Waals surface area contributed by atoms with Crippen molar-refractivity contribution in [2.24, 2.45) is 17.6 Å². The van der Waals surface area contributed by atoms with Gasteiger partial charge in [0.15, 0.2) is 0 Å². The Bertz CT molecular complexity index is 513. The zero-order valence-corrected chi connectivity index (χ0v) is 13.1. The SMILES string of the molecule is NC[C@H]1CCC[C@H]1C(=O)NCc1ccnc(N2CCCC2)c1. The smallest absolute Gasteiger partial charge is 0.223 e. The molecule has 1 aromatic rings. The van der Waals surface area contributed by atoms with Gasteiger partial charge >= 0.3 is 0 Å². The number of hydrogen-bond acceptors (Lipinski definition) is 4. The van der Waals surface area contributed by atoms with Gasteiger partial charge < -0.3 is 16.0 Å². The number of carbonyl (C=O) groups excluding carboxylic acids is 1. The van der Waals surface area contributed by atoms with Crippen LogP contribution in [0.1, 0.15) is 37.7 Å². The van der Waals surface area contributed by atoms with Crippen molar-refractivity contribution in [3.63, 3.8) is 0 Å². The molecule has 22 heavy (non-hydrogen) atoms. The van der Waals surface area contributed by atoms with E-state index in [1.165, 1.54) is 12.8 Å². The molecule has 120 valence electrons. The highest BCUT2D eigenvalue weighted by molar-refractivity contribution is 5.79. The number of anilines is 1. The van der Waals surface area contributed by atoms with Crippen LogP contribution >= 0.6 is 0 Å². The van der Waals surface area contributed by atoms with Crippen molar-refractivity contribution in [2.45, 2.75) is 38.6 Å². The minimum absolute atomic E-state index is 0.102. The maximum atomic E-state index is 12.3. The number of nitrogens with zero attached hydrogens (tertiary/aromatic N) is 2. The summed E-state index contributed by atoms with van der Waals surface area (Å²) in [4.78, 5) is 19.1. The van der Waals surface area contributed by atoms with Crippen LogP contribution in [0.2, 0.25) is 0 Å². The lowest BCUT2D eigenvalue weighted by molar-refractivity contribution is -0.126. The Morgan fingerprint density at radius 1 is 1.32 bits per heavy atom. The number of nitrogens with one attached hydrogen (secondary N) is 1. The van der Waals surface area contributed by atoms with Crippen LogP contribution in [0.3, 0.4) is 0 Å². The van der Waals surface area contributed by atoms with Gasteiger partial charge in [-0.15, -0.1) is 0 Å². The summed E-state index contributed by atoms with van der Waals surface area (Å²) in [7, 11) is 0. The van der Waals surface area contributed by atoms with E-state index in [0.717, 1.165) is 43.7 Å². The van der Waals surface area contributed by atoms with Crippen LogP contribution in [0.4, 0.5) is 5.82 Å². The molecule has 1 saturated carbocycles. The second-order valence-electron chi connectivity index (χ2n) is 6.47. The van der Waals surface area contributed by atoms with Crippen LogP contribution in [-0.2, 0) is 11.3 Å². The monoisotopic (exact) mass is 302 g/mol. The van der Waals surface area contributed by atoms with E-state index in [4.69, 9.17) is 5.73 Å². The molecule has 0 spiro atoms. The van der Waals surface area contributed by atoms with Gasteiger partial charge in [0.05, 0.1) is 0 Å². The van der Waals surface area contributed by atoms with E-state index < -0.39 is 0 Å². The topological polar surface area (TPSA) is 71.2 Å². The number of pyridine rings is 1. The Kier molecular flexibility index (Phi) is 4.93. The first kappa shape index (κ1) is 15.3. The molecule has 1 aliphatic carbocycles. The molecular weight excluding hydrogens is 276 g/mol. The summed E-state index contributed by atoms with van der Waals surface area (Å²) >= 11 is 0. The van der Waals surface area contributed by atoms with Gasteiger partial charge in [-0.05, 0) is 55.8 Å². The summed E-state index contributed by atoms with van der Waals surface area (Å²) in [6, 6.07) is 4.08. The third-order valence-electron chi connectivity index (χ3n) is 5.01. The lowest BCUT2D eigenvalue weighted by Gasteiger charge is -2.19. The Morgan fingerprint density at radius 2 is 2.14 bits per heavy atom. The summed E-state index contributed by atoms with van der Waals surface area (Å²) in [5.74, 6) is 1.65. The molecule has 0 aromatic carbocycles. The van der Waals surface area contributed by atoms with Gasteiger partial charge in [-0.2, -0.15) is 0 Å². The Morgan fingerprint density at radius 3 is 2.91 bits per heavy atom. The van der Waals surface area contributed by atoms with E-state index in [1.54, 1.807) is 0 Å². The van der Waals surface area contributed by atoms with Crippen molar-refractivity contribution in [2.75, 3.05) is 24.5 Å². The molecule has 2 heterocycles. The molecule has 1 amide bonds. The number of aromatic nitrogens is 1. The van der Waals surface area contributed by atoms with Crippen molar-refractivity contribution in [1.29, 1.82) is 0 Å². The molecule has 0 unspecified atom stereocenters. The number of nitrogens with two attached hydrogens (primary N) is 1. The number of hydrogen-bond donors (Lipinski definition) is 2. The zero-order valence-electron chi connectivity index (χ0n) is 13.1. The number of rotatable bonds is 5. The fraction of sp³-hybridized carbons (Fsp3) is 0.647. The Labute approximate surface area is 132 Å². The van der Waals surface area contributed by atoms with Crippen LogP contribution in [0.15, 0.2) is 18.3 Å². The summed E-state index contributed by atoms with van der Waals surface area (Å²) < 4.78 is 0. The lowest BCUT2D eigenvalue weighted by atomic mass is 9.95. The van der Waals surface area contributed by atoms with Gasteiger partial charge in [-0.25, -0.2) is 4.98 Å². The third-order valence-corrected chi connectivity index (χ3v) is 5.01. The highest BCUT2D eigenvalue weighted by atomic mass is 16.1. The van der Waals surface area contributed by atoms with Gasteiger partial charge in [0.1, 0.15) is 5.82 Å². The van der Waals surface area contributed by atoms with Crippen molar-refractivity contribution in [3.8, 4) is 0 Å². The second kappa shape index (κ2) is 7.09. The van der Waals surface area contributed by atoms with Crippen molar-refractivity contribution in [3.05, 3.63) is 23.9 Å². The molecule has 3 N–H and O–H groups in total. The average molecular weight is 302 g/mol. The molecule has 5 nitrogen and oxygen atoms in total. The van der Waals surface area contributed by atoms with Crippen molar-refractivity contribution in [1.82, 2.24) is 10.3 Å². The quantitative estimate of drug-likeness (QED) is 0.868. The molecule has 1 aromatic heterocycles. The van der Waals surface area contributed by atoms with E-state index in [0.29, 0.717) is 19.0 Å². The summed E-state index contributed by atoms with van der Waals surface area (Å²) in [5, 5.41) is 3.08. The molecule has 5 heteroatoms. The molecule has 0 bridgehead atoms. The van der Waals surface area contributed by atoms with Gasteiger partial charge in [0, 0.05) is 31.7 Å². The predicted octanol–water partition coefficient (Wildman–Crippen LogP) is 1.67. The minimum atomic E-state index is 0.102. The maximum Gasteiger partial charge on any atom is 0.223 e. The van der Waals surface area contributed by atoms with Gasteiger partial charge in [0.25, 0.3) is 0 Å². The minimum Gasteiger partial charge on any atom is -0.357 e. The van der Waals surface area contributed by atoms with E-state index in [1.807, 2.05) is 12.3 Å². The van der Waals surface area contributed by atoms with Crippen LogP contribution in [0.25, 0.3) is 0 Å². The zero-order chi connectivity index (χ0) is 15.4. The summed E-state index contributed by atoms with van der Waals surface area (Å²) in [6.07, 6.45) is 7.50. The van der Waals surface area contributed by atoms with E-state index in [2.05, 4.69) is 21.3 Å². The van der Waals surface area contributed by atoms with Crippen LogP contribution in [0, 0.1) is 11.8 Å². The first-order chi connectivity index (χ1) is 10.8. The lowest BCUT2D eigenvalue weighted by Crippen LogP contribution is -2.34. The second-order valence-corrected chi connectivity index (χ2v) is 6.47. The predicted molar refractivity (Wildman–Crippen MR) is 87.4 cm³/mol. The molecule has 0 radical (unpaired) electrons. The highest BCUT2D eigenvalue weighted by Crippen LogP contribution is 2.31. The fourth-order valence-electron chi connectivity index (χ4n) is 3.67. The summed E-state index contributed by atoms with van der Waals surface area (Å²) in [5.41, 5.74) is 6.88. The molecule has 1 saturated heterocycles.